The van der Waals surface area contributed by atoms with Gasteiger partial charge in [0.1, 0.15) is 0 Å². The summed E-state index contributed by atoms with van der Waals surface area (Å²) in [5.41, 5.74) is 0.687. The van der Waals surface area contributed by atoms with E-state index in [1.165, 1.54) is 24.5 Å². The zero-order valence-electron chi connectivity index (χ0n) is 13.4. The molecule has 1 aliphatic heterocycles. The summed E-state index contributed by atoms with van der Waals surface area (Å²) in [5.74, 6) is 0.301. The van der Waals surface area contributed by atoms with Gasteiger partial charge in [0.25, 0.3) is 11.6 Å². The van der Waals surface area contributed by atoms with Crippen molar-refractivity contribution in [3.8, 4) is 5.88 Å². The van der Waals surface area contributed by atoms with Gasteiger partial charge in [-0.3, -0.25) is 19.9 Å². The van der Waals surface area contributed by atoms with Crippen LogP contribution in [0.15, 0.2) is 30.6 Å². The van der Waals surface area contributed by atoms with Crippen molar-refractivity contribution in [2.24, 2.45) is 5.92 Å². The normalized spacial score (nSPS) is 14.1. The first-order chi connectivity index (χ1) is 12.0. The van der Waals surface area contributed by atoms with Crippen molar-refractivity contribution in [3.63, 3.8) is 0 Å². The number of nitro benzene ring substituents is 1. The van der Waals surface area contributed by atoms with E-state index < -0.39 is 4.92 Å². The maximum Gasteiger partial charge on any atom is 0.273 e. The lowest BCUT2D eigenvalue weighted by atomic mass is 9.98. The molecule has 130 valence electrons. The zero-order valence-corrected chi connectivity index (χ0v) is 14.1. The van der Waals surface area contributed by atoms with Gasteiger partial charge in [-0.1, -0.05) is 17.7 Å². The van der Waals surface area contributed by atoms with Crippen LogP contribution in [0.2, 0.25) is 5.15 Å². The summed E-state index contributed by atoms with van der Waals surface area (Å²) >= 11 is 5.74. The molecule has 0 atom stereocenters. The maximum absolute atomic E-state index is 12.5. The fourth-order valence-corrected chi connectivity index (χ4v) is 2.80. The molecule has 0 radical (unpaired) electrons. The third-order valence-electron chi connectivity index (χ3n) is 4.03. The van der Waals surface area contributed by atoms with Crippen molar-refractivity contribution in [2.75, 3.05) is 19.7 Å². The minimum absolute atomic E-state index is 0.0502. The van der Waals surface area contributed by atoms with Gasteiger partial charge in [0, 0.05) is 36.2 Å². The minimum Gasteiger partial charge on any atom is -0.476 e. The van der Waals surface area contributed by atoms with Gasteiger partial charge < -0.3 is 9.64 Å². The number of aromatic nitrogens is 2. The zero-order chi connectivity index (χ0) is 18.0. The van der Waals surface area contributed by atoms with Gasteiger partial charge in [-0.05, 0) is 13.0 Å². The van der Waals surface area contributed by atoms with Gasteiger partial charge >= 0.3 is 0 Å². The van der Waals surface area contributed by atoms with Crippen molar-refractivity contribution in [1.82, 2.24) is 14.9 Å². The van der Waals surface area contributed by atoms with Crippen LogP contribution in [-0.4, -0.2) is 45.4 Å². The smallest absolute Gasteiger partial charge is 0.273 e. The van der Waals surface area contributed by atoms with Gasteiger partial charge in [0.05, 0.1) is 23.9 Å². The summed E-state index contributed by atoms with van der Waals surface area (Å²) < 4.78 is 5.51. The van der Waals surface area contributed by atoms with Crippen LogP contribution in [0.25, 0.3) is 0 Å². The summed E-state index contributed by atoms with van der Waals surface area (Å²) in [6.07, 6.45) is 2.89. The summed E-state index contributed by atoms with van der Waals surface area (Å²) in [6, 6.07) is 4.53. The van der Waals surface area contributed by atoms with Crippen molar-refractivity contribution < 1.29 is 14.5 Å². The lowest BCUT2D eigenvalue weighted by Crippen LogP contribution is -2.52. The molecule has 1 aromatic heterocycles. The summed E-state index contributed by atoms with van der Waals surface area (Å²) in [5, 5.41) is 11.2. The number of carbonyl (C=O) groups excluding carboxylic acids is 1. The molecule has 9 heteroatoms. The van der Waals surface area contributed by atoms with E-state index in [1.54, 1.807) is 17.9 Å². The molecule has 0 saturated carbocycles. The molecule has 1 saturated heterocycles. The Hall–Kier alpha value is -2.74. The van der Waals surface area contributed by atoms with E-state index in [0.717, 1.165) is 0 Å². The molecule has 1 amide bonds. The average Bonchev–Trinajstić information content (AvgIpc) is 2.53. The topological polar surface area (TPSA) is 98.5 Å². The number of benzene rings is 1. The molecule has 1 aromatic carbocycles. The number of hydrogen-bond donors (Lipinski definition) is 0. The largest absolute Gasteiger partial charge is 0.476 e. The Morgan fingerprint density at radius 2 is 2.20 bits per heavy atom. The SMILES string of the molecule is Cc1c(C(=O)N2CC(COc3cncc(Cl)n3)C2)cccc1[N+](=O)[O-]. The van der Waals surface area contributed by atoms with Gasteiger partial charge in [-0.15, -0.1) is 0 Å². The number of amides is 1. The van der Waals surface area contributed by atoms with Crippen molar-refractivity contribution >= 4 is 23.2 Å². The Morgan fingerprint density at radius 1 is 1.44 bits per heavy atom. The monoisotopic (exact) mass is 362 g/mol. The Labute approximate surface area is 148 Å². The van der Waals surface area contributed by atoms with E-state index in [1.807, 2.05) is 0 Å². The highest BCUT2D eigenvalue weighted by atomic mass is 35.5. The molecule has 25 heavy (non-hydrogen) atoms. The predicted octanol–water partition coefficient (Wildman–Crippen LogP) is 2.50. The van der Waals surface area contributed by atoms with Gasteiger partial charge in [0.15, 0.2) is 5.15 Å². The molecule has 2 aromatic rings. The van der Waals surface area contributed by atoms with Gasteiger partial charge in [-0.2, -0.15) is 4.98 Å². The van der Waals surface area contributed by atoms with Crippen molar-refractivity contribution in [2.45, 2.75) is 6.92 Å². The number of hydrogen-bond acceptors (Lipinski definition) is 6. The number of carbonyl (C=O) groups is 1. The molecule has 1 fully saturated rings. The Bertz CT molecular complexity index is 824. The number of ether oxygens (including phenoxy) is 1. The highest BCUT2D eigenvalue weighted by molar-refractivity contribution is 6.29. The Balaban J connectivity index is 1.57. The standard InChI is InChI=1S/C16H15ClN4O4/c1-10-12(3-2-4-13(10)21(23)24)16(22)20-7-11(8-20)9-25-15-6-18-5-14(17)19-15/h2-6,11H,7-9H2,1H3. The third-order valence-corrected chi connectivity index (χ3v) is 4.21. The fraction of sp³-hybridized carbons (Fsp3) is 0.312. The fourth-order valence-electron chi connectivity index (χ4n) is 2.66. The van der Waals surface area contributed by atoms with Crippen LogP contribution in [0, 0.1) is 23.0 Å². The van der Waals surface area contributed by atoms with Crippen molar-refractivity contribution in [3.05, 3.63) is 57.0 Å². The molecular weight excluding hydrogens is 348 g/mol. The number of nitro groups is 1. The average molecular weight is 363 g/mol. The molecule has 0 unspecified atom stereocenters. The molecule has 0 spiro atoms. The number of rotatable bonds is 5. The van der Waals surface area contributed by atoms with Crippen LogP contribution in [0.3, 0.4) is 0 Å². The first-order valence-corrected chi connectivity index (χ1v) is 7.97. The summed E-state index contributed by atoms with van der Waals surface area (Å²) in [4.78, 5) is 32.5. The van der Waals surface area contributed by atoms with Crippen molar-refractivity contribution in [1.29, 1.82) is 0 Å². The van der Waals surface area contributed by atoms with E-state index in [4.69, 9.17) is 16.3 Å². The maximum atomic E-state index is 12.5. The highest BCUT2D eigenvalue weighted by Crippen LogP contribution is 2.25. The second-order valence-corrected chi connectivity index (χ2v) is 6.16. The molecule has 0 N–H and O–H groups in total. The van der Waals surface area contributed by atoms with Gasteiger partial charge in [0.2, 0.25) is 5.88 Å². The minimum atomic E-state index is -0.481. The first kappa shape index (κ1) is 17.1. The lowest BCUT2D eigenvalue weighted by molar-refractivity contribution is -0.385. The number of likely N-dealkylation sites (tertiary alicyclic amines) is 1. The van der Waals surface area contributed by atoms with E-state index in [2.05, 4.69) is 9.97 Å². The number of nitrogens with zero attached hydrogens (tertiary/aromatic N) is 4. The molecular formula is C16H15ClN4O4. The molecule has 2 heterocycles. The quantitative estimate of drug-likeness (QED) is 0.598. The third kappa shape index (κ3) is 3.69. The van der Waals surface area contributed by atoms with Crippen LogP contribution in [0.5, 0.6) is 5.88 Å². The number of halogens is 1. The molecule has 8 nitrogen and oxygen atoms in total. The van der Waals surface area contributed by atoms with Crippen LogP contribution in [0.1, 0.15) is 15.9 Å². The van der Waals surface area contributed by atoms with Crippen LogP contribution < -0.4 is 4.74 Å². The Kier molecular flexibility index (Phi) is 4.80. The molecule has 3 rings (SSSR count). The van der Waals surface area contributed by atoms with E-state index >= 15 is 0 Å². The molecule has 0 bridgehead atoms. The molecule has 1 aliphatic rings. The predicted molar refractivity (Wildman–Crippen MR) is 89.8 cm³/mol. The second-order valence-electron chi connectivity index (χ2n) is 5.77. The Morgan fingerprint density at radius 3 is 2.88 bits per heavy atom. The van der Waals surface area contributed by atoms with E-state index in [-0.39, 0.29) is 22.7 Å². The first-order valence-electron chi connectivity index (χ1n) is 7.59. The van der Waals surface area contributed by atoms with Crippen LogP contribution in [0.4, 0.5) is 5.69 Å². The van der Waals surface area contributed by atoms with Crippen LogP contribution >= 0.6 is 11.6 Å². The van der Waals surface area contributed by atoms with Crippen LogP contribution in [-0.2, 0) is 0 Å². The summed E-state index contributed by atoms with van der Waals surface area (Å²) in [6.45, 7) is 3.03. The second kappa shape index (κ2) is 7.02. The van der Waals surface area contributed by atoms with E-state index in [0.29, 0.717) is 36.7 Å². The molecule has 0 aliphatic carbocycles. The lowest BCUT2D eigenvalue weighted by Gasteiger charge is -2.39. The van der Waals surface area contributed by atoms with Gasteiger partial charge in [-0.25, -0.2) is 0 Å². The highest BCUT2D eigenvalue weighted by Gasteiger charge is 2.33. The summed E-state index contributed by atoms with van der Waals surface area (Å²) in [7, 11) is 0. The van der Waals surface area contributed by atoms with E-state index in [9.17, 15) is 14.9 Å².